The van der Waals surface area contributed by atoms with Crippen LogP contribution in [0.2, 0.25) is 0 Å². The lowest BCUT2D eigenvalue weighted by molar-refractivity contribution is -0.394. The van der Waals surface area contributed by atoms with Crippen molar-refractivity contribution in [3.8, 4) is 0 Å². The van der Waals surface area contributed by atoms with E-state index < -0.39 is 32.7 Å². The number of benzene rings is 1. The highest BCUT2D eigenvalue weighted by molar-refractivity contribution is 7.18. The van der Waals surface area contributed by atoms with Crippen molar-refractivity contribution < 1.29 is 14.6 Å². The summed E-state index contributed by atoms with van der Waals surface area (Å²) >= 11 is 1.53. The Hall–Kier alpha value is -3.67. The first-order chi connectivity index (χ1) is 18.7. The smallest absolute Gasteiger partial charge is 0.267 e. The minimum absolute atomic E-state index is 0.286. The lowest BCUT2D eigenvalue weighted by Crippen LogP contribution is -2.36. The molecule has 4 rings (SSSR count). The number of aryl methyl sites for hydroxylation is 2. The molecule has 2 heterocycles. The highest BCUT2D eigenvalue weighted by atomic mass is 32.1. The van der Waals surface area contributed by atoms with E-state index in [4.69, 9.17) is 4.98 Å². The van der Waals surface area contributed by atoms with E-state index in [-0.39, 0.29) is 5.56 Å². The third kappa shape index (κ3) is 6.49. The second kappa shape index (κ2) is 12.5. The van der Waals surface area contributed by atoms with Crippen LogP contribution in [0.25, 0.3) is 10.2 Å². The van der Waals surface area contributed by atoms with Crippen LogP contribution in [0.1, 0.15) is 91.8 Å². The van der Waals surface area contributed by atoms with Gasteiger partial charge in [-0.15, -0.1) is 11.3 Å². The van der Waals surface area contributed by atoms with Gasteiger partial charge in [-0.05, 0) is 37.2 Å². The third-order valence-electron chi connectivity index (χ3n) is 7.20. The average molecular weight is 556 g/mol. The van der Waals surface area contributed by atoms with Gasteiger partial charge >= 0.3 is 0 Å². The quantitative estimate of drug-likeness (QED) is 0.162. The number of nitro benzene ring substituents is 2. The van der Waals surface area contributed by atoms with Crippen LogP contribution in [-0.4, -0.2) is 25.4 Å². The van der Waals surface area contributed by atoms with Crippen molar-refractivity contribution in [1.29, 1.82) is 0 Å². The van der Waals surface area contributed by atoms with Crippen LogP contribution in [-0.2, 0) is 19.3 Å². The molecule has 12 heteroatoms. The summed E-state index contributed by atoms with van der Waals surface area (Å²) in [6.07, 6.45) is 10.7. The van der Waals surface area contributed by atoms with Crippen LogP contribution in [0.3, 0.4) is 0 Å². The number of aromatic nitrogens is 2. The van der Waals surface area contributed by atoms with E-state index >= 15 is 0 Å². The van der Waals surface area contributed by atoms with Gasteiger partial charge in [0.1, 0.15) is 10.7 Å². The number of nitrogens with one attached hydrogen (secondary N) is 1. The molecule has 0 saturated heterocycles. The SMILES string of the molecule is CCCCCCCCCc1nc2sc3c(c2c(=O)n1NC(=O)c1cc([N+](=O)[O-])cc([N+](=O)[O-])c1)CC(C)CC3. The van der Waals surface area contributed by atoms with Crippen molar-refractivity contribution in [3.05, 3.63) is 70.6 Å². The van der Waals surface area contributed by atoms with Crippen LogP contribution >= 0.6 is 11.3 Å². The molecule has 1 amide bonds. The average Bonchev–Trinajstić information content (AvgIpc) is 3.27. The van der Waals surface area contributed by atoms with Gasteiger partial charge in [-0.3, -0.25) is 35.2 Å². The number of nitrogens with zero attached hydrogens (tertiary/aromatic N) is 4. The summed E-state index contributed by atoms with van der Waals surface area (Å²) < 4.78 is 1.14. The number of hydrogen-bond acceptors (Lipinski definition) is 8. The van der Waals surface area contributed by atoms with Gasteiger partial charge in [0.05, 0.1) is 26.9 Å². The maximum Gasteiger partial charge on any atom is 0.281 e. The summed E-state index contributed by atoms with van der Waals surface area (Å²) in [4.78, 5) is 54.7. The zero-order valence-electron chi connectivity index (χ0n) is 22.2. The van der Waals surface area contributed by atoms with Crippen molar-refractivity contribution in [2.24, 2.45) is 5.92 Å². The minimum Gasteiger partial charge on any atom is -0.267 e. The molecule has 0 saturated carbocycles. The number of nitro groups is 2. The first-order valence-corrected chi connectivity index (χ1v) is 14.3. The Bertz CT molecular complexity index is 1430. The maximum atomic E-state index is 13.8. The molecule has 0 bridgehead atoms. The largest absolute Gasteiger partial charge is 0.281 e. The summed E-state index contributed by atoms with van der Waals surface area (Å²) in [7, 11) is 0. The standard InChI is InChI=1S/C27H33N5O6S/c1-3-4-5-6-7-8-9-10-23-28-26-24(21-13-17(2)11-12-22(21)39-26)27(34)30(23)29-25(33)18-14-19(31(35)36)16-20(15-18)32(37)38/h14-17H,3-13H2,1-2H3,(H,29,33). The number of carbonyl (C=O) groups excluding carboxylic acids is 1. The molecule has 1 N–H and O–H groups in total. The van der Waals surface area contributed by atoms with Crippen molar-refractivity contribution in [2.75, 3.05) is 5.43 Å². The maximum absolute atomic E-state index is 13.8. The molecule has 0 fully saturated rings. The number of carbonyl (C=O) groups is 1. The van der Waals surface area contributed by atoms with E-state index in [2.05, 4.69) is 19.3 Å². The van der Waals surface area contributed by atoms with Gasteiger partial charge in [0.2, 0.25) is 0 Å². The summed E-state index contributed by atoms with van der Waals surface area (Å²) in [6.45, 7) is 4.31. The number of thiophene rings is 1. The predicted molar refractivity (Wildman–Crippen MR) is 150 cm³/mol. The van der Waals surface area contributed by atoms with Gasteiger partial charge in [-0.25, -0.2) is 9.66 Å². The highest BCUT2D eigenvalue weighted by Gasteiger charge is 2.26. The van der Waals surface area contributed by atoms with E-state index in [0.29, 0.717) is 28.4 Å². The van der Waals surface area contributed by atoms with Gasteiger partial charge in [0.25, 0.3) is 22.8 Å². The van der Waals surface area contributed by atoms with E-state index in [0.717, 1.165) is 78.3 Å². The molecule has 208 valence electrons. The molecule has 0 radical (unpaired) electrons. The fourth-order valence-corrected chi connectivity index (χ4v) is 6.29. The van der Waals surface area contributed by atoms with Crippen LogP contribution in [0.5, 0.6) is 0 Å². The molecule has 1 aliphatic carbocycles. The fraction of sp³-hybridized carbons (Fsp3) is 0.519. The molecule has 1 aliphatic rings. The lowest BCUT2D eigenvalue weighted by atomic mass is 9.89. The van der Waals surface area contributed by atoms with Crippen LogP contribution in [0.4, 0.5) is 11.4 Å². The molecule has 1 unspecified atom stereocenters. The fourth-order valence-electron chi connectivity index (χ4n) is 5.07. The number of non-ortho nitro benzene ring substituents is 2. The molecular weight excluding hydrogens is 522 g/mol. The number of rotatable bonds is 12. The van der Waals surface area contributed by atoms with E-state index in [1.807, 2.05) is 0 Å². The lowest BCUT2D eigenvalue weighted by Gasteiger charge is -2.18. The van der Waals surface area contributed by atoms with Gasteiger partial charge in [-0.2, -0.15) is 0 Å². The summed E-state index contributed by atoms with van der Waals surface area (Å²) in [5.74, 6) is -0.0279. The molecule has 0 aliphatic heterocycles. The second-order valence-electron chi connectivity index (χ2n) is 10.3. The van der Waals surface area contributed by atoms with Gasteiger partial charge < -0.3 is 0 Å². The Labute approximate surface area is 229 Å². The third-order valence-corrected chi connectivity index (χ3v) is 8.38. The zero-order valence-corrected chi connectivity index (χ0v) is 23.1. The van der Waals surface area contributed by atoms with Crippen molar-refractivity contribution in [3.63, 3.8) is 0 Å². The molecule has 39 heavy (non-hydrogen) atoms. The number of unbranched alkanes of at least 4 members (excludes halogenated alkanes) is 6. The first kappa shape index (κ1) is 28.3. The first-order valence-electron chi connectivity index (χ1n) is 13.5. The van der Waals surface area contributed by atoms with E-state index in [9.17, 15) is 29.8 Å². The van der Waals surface area contributed by atoms with E-state index in [1.54, 1.807) is 0 Å². The number of amides is 1. The topological polar surface area (TPSA) is 150 Å². The summed E-state index contributed by atoms with van der Waals surface area (Å²) in [5, 5.41) is 23.1. The molecule has 11 nitrogen and oxygen atoms in total. The minimum atomic E-state index is -0.858. The molecule has 1 aromatic carbocycles. The molecule has 0 spiro atoms. The Morgan fingerprint density at radius 2 is 1.72 bits per heavy atom. The Morgan fingerprint density at radius 3 is 2.36 bits per heavy atom. The Balaban J connectivity index is 1.69. The van der Waals surface area contributed by atoms with Crippen molar-refractivity contribution in [1.82, 2.24) is 9.66 Å². The monoisotopic (exact) mass is 555 g/mol. The normalized spacial score (nSPS) is 14.8. The molecule has 2 aromatic heterocycles. The summed E-state index contributed by atoms with van der Waals surface area (Å²) in [6, 6.07) is 2.72. The van der Waals surface area contributed by atoms with E-state index in [1.165, 1.54) is 30.6 Å². The zero-order chi connectivity index (χ0) is 28.1. The highest BCUT2D eigenvalue weighted by Crippen LogP contribution is 2.36. The van der Waals surface area contributed by atoms with Crippen molar-refractivity contribution >= 4 is 38.8 Å². The van der Waals surface area contributed by atoms with Crippen molar-refractivity contribution in [2.45, 2.75) is 84.5 Å². The van der Waals surface area contributed by atoms with Crippen LogP contribution < -0.4 is 11.0 Å². The summed E-state index contributed by atoms with van der Waals surface area (Å²) in [5.41, 5.74) is 1.69. The molecule has 1 atom stereocenters. The Kier molecular flexibility index (Phi) is 9.05. The molecule has 3 aromatic rings. The van der Waals surface area contributed by atoms with Gasteiger partial charge in [-0.1, -0.05) is 52.4 Å². The van der Waals surface area contributed by atoms with Gasteiger partial charge in [0.15, 0.2) is 0 Å². The predicted octanol–water partition coefficient (Wildman–Crippen LogP) is 6.08. The second-order valence-corrected chi connectivity index (χ2v) is 11.3. The van der Waals surface area contributed by atoms with Gasteiger partial charge in [0, 0.05) is 23.4 Å². The number of fused-ring (bicyclic) bond motifs is 3. The van der Waals surface area contributed by atoms with Crippen LogP contribution in [0, 0.1) is 26.1 Å². The Morgan fingerprint density at radius 1 is 1.08 bits per heavy atom. The van der Waals surface area contributed by atoms with Crippen LogP contribution in [0.15, 0.2) is 23.0 Å². The molecular formula is C27H33N5O6S. The number of hydrogen-bond donors (Lipinski definition) is 1.